The van der Waals surface area contributed by atoms with E-state index in [1.807, 2.05) is 6.92 Å². The average molecular weight is 608 g/mol. The second-order valence-corrected chi connectivity index (χ2v) is 12.7. The van der Waals surface area contributed by atoms with Crippen LogP contribution in [0.1, 0.15) is 51.7 Å². The van der Waals surface area contributed by atoms with E-state index in [1.54, 1.807) is 51.1 Å². The monoisotopic (exact) mass is 607 g/mol. The van der Waals surface area contributed by atoms with Gasteiger partial charge in [-0.2, -0.15) is 0 Å². The predicted octanol–water partition coefficient (Wildman–Crippen LogP) is 5.13. The predicted molar refractivity (Wildman–Crippen MR) is 156 cm³/mol. The summed E-state index contributed by atoms with van der Waals surface area (Å²) >= 11 is 6.26. The van der Waals surface area contributed by atoms with E-state index in [-0.39, 0.29) is 41.1 Å². The van der Waals surface area contributed by atoms with Gasteiger partial charge in [-0.15, -0.1) is 5.10 Å². The normalized spacial score (nSPS) is 16.0. The number of aliphatic hydroxyl groups is 2. The molecule has 3 aromatic rings. The maximum atomic E-state index is 14.6. The number of hydrogen-bond acceptors (Lipinski definition) is 7. The van der Waals surface area contributed by atoms with Gasteiger partial charge in [0.2, 0.25) is 0 Å². The summed E-state index contributed by atoms with van der Waals surface area (Å²) in [5.41, 5.74) is 0.771. The van der Waals surface area contributed by atoms with Crippen molar-refractivity contribution in [2.75, 3.05) is 24.1 Å². The number of aryl methyl sites for hydroxylation is 1. The zero-order valence-electron chi connectivity index (χ0n) is 23.5. The molecule has 0 saturated carbocycles. The first-order valence-corrected chi connectivity index (χ1v) is 15.2. The first-order chi connectivity index (χ1) is 19.3. The Hall–Kier alpha value is -3.12. The van der Waals surface area contributed by atoms with Gasteiger partial charge in [0.25, 0.3) is 15.9 Å². The lowest BCUT2D eigenvalue weighted by molar-refractivity contribution is 0.0534. The smallest absolute Gasteiger partial charge is 0.271 e. The van der Waals surface area contributed by atoms with Gasteiger partial charge >= 0.3 is 0 Å². The molecular formula is C29H35ClFN3O6S. The fourth-order valence-electron chi connectivity index (χ4n) is 4.59. The van der Waals surface area contributed by atoms with E-state index in [1.165, 1.54) is 27.3 Å². The molecule has 1 atom stereocenters. The van der Waals surface area contributed by atoms with Crippen molar-refractivity contribution in [2.45, 2.75) is 63.7 Å². The van der Waals surface area contributed by atoms with Gasteiger partial charge in [-0.25, -0.2) is 12.8 Å². The van der Waals surface area contributed by atoms with Gasteiger partial charge in [0, 0.05) is 18.3 Å². The van der Waals surface area contributed by atoms with Crippen molar-refractivity contribution in [3.63, 3.8) is 0 Å². The lowest BCUT2D eigenvalue weighted by Gasteiger charge is -2.36. The van der Waals surface area contributed by atoms with E-state index in [4.69, 9.17) is 21.1 Å². The third-order valence-corrected chi connectivity index (χ3v) is 8.73. The summed E-state index contributed by atoms with van der Waals surface area (Å²) in [5.74, 6) is -0.224. The number of aliphatic hydroxyl groups excluding tert-OH is 1. The van der Waals surface area contributed by atoms with Crippen molar-refractivity contribution >= 4 is 39.0 Å². The number of hydrogen-bond donors (Lipinski definition) is 2. The Morgan fingerprint density at radius 1 is 1.32 bits per heavy atom. The van der Waals surface area contributed by atoms with Crippen LogP contribution in [0.5, 0.6) is 11.6 Å². The zero-order valence-corrected chi connectivity index (χ0v) is 25.0. The number of aromatic nitrogens is 2. The number of allylic oxidation sites excluding steroid dienone is 1. The molecule has 1 aromatic heterocycles. The molecule has 1 aliphatic heterocycles. The third kappa shape index (κ3) is 7.03. The minimum Gasteiger partial charge on any atom is -0.486 e. The van der Waals surface area contributed by atoms with Gasteiger partial charge in [-0.3, -0.25) is 8.99 Å². The van der Waals surface area contributed by atoms with Crippen LogP contribution < -0.4 is 13.8 Å². The zero-order chi connectivity index (χ0) is 29.9. The molecule has 222 valence electrons. The second-order valence-electron chi connectivity index (χ2n) is 10.5. The van der Waals surface area contributed by atoms with Gasteiger partial charge in [0.15, 0.2) is 4.90 Å². The number of benzene rings is 2. The molecule has 0 radical (unpaired) electrons. The van der Waals surface area contributed by atoms with E-state index < -0.39 is 27.5 Å². The van der Waals surface area contributed by atoms with Gasteiger partial charge < -0.3 is 19.7 Å². The van der Waals surface area contributed by atoms with Crippen LogP contribution in [0.3, 0.4) is 0 Å². The molecule has 12 heteroatoms. The fourth-order valence-corrected chi connectivity index (χ4v) is 6.48. The second kappa shape index (κ2) is 12.4. The van der Waals surface area contributed by atoms with Gasteiger partial charge in [-0.1, -0.05) is 29.8 Å². The Morgan fingerprint density at radius 3 is 2.73 bits per heavy atom. The van der Waals surface area contributed by atoms with Gasteiger partial charge in [0.1, 0.15) is 24.3 Å². The summed E-state index contributed by atoms with van der Waals surface area (Å²) < 4.78 is 57.3. The third-order valence-electron chi connectivity index (χ3n) is 6.65. The number of halogens is 2. The van der Waals surface area contributed by atoms with Crippen LogP contribution >= 0.6 is 11.6 Å². The number of sulfonamides is 1. The minimum absolute atomic E-state index is 0.0204. The van der Waals surface area contributed by atoms with Crippen LogP contribution in [-0.2, 0) is 16.6 Å². The van der Waals surface area contributed by atoms with Crippen LogP contribution in [0.2, 0.25) is 5.02 Å². The highest BCUT2D eigenvalue weighted by atomic mass is 35.5. The van der Waals surface area contributed by atoms with E-state index in [9.17, 15) is 23.0 Å². The molecule has 2 N–H and O–H groups in total. The SMILES string of the molecule is CCn1cc(S(=O)(=O)N2CC(CCC(C)(C)O)Oc3ccc(C=C(C)c4c(F)cccc4Cl)cc32)c(OCCO)n1. The standard InChI is InChI=1S/C29H35ClFN3O6S/c1-5-33-18-26(28(32-33)39-14-13-35)41(37,38)34-17-21(11-12-29(3,4)36)40-25-10-9-20(16-24(25)34)15-19(2)27-22(30)7-6-8-23(27)31/h6-10,15-16,18,21,35-36H,5,11-14,17H2,1-4H3. The highest BCUT2D eigenvalue weighted by Crippen LogP contribution is 2.41. The highest BCUT2D eigenvalue weighted by Gasteiger charge is 2.38. The molecule has 0 saturated heterocycles. The number of ether oxygens (including phenoxy) is 2. The van der Waals surface area contributed by atoms with Crippen molar-refractivity contribution in [1.29, 1.82) is 0 Å². The van der Waals surface area contributed by atoms with Crippen LogP contribution in [0.25, 0.3) is 11.6 Å². The average Bonchev–Trinajstić information content (AvgIpc) is 3.34. The van der Waals surface area contributed by atoms with Crippen molar-refractivity contribution in [3.8, 4) is 11.6 Å². The van der Waals surface area contributed by atoms with Crippen molar-refractivity contribution < 1.29 is 32.5 Å². The van der Waals surface area contributed by atoms with Crippen LogP contribution in [0, 0.1) is 5.82 Å². The molecule has 0 spiro atoms. The quantitative estimate of drug-likeness (QED) is 0.290. The van der Waals surface area contributed by atoms with Gasteiger partial charge in [0.05, 0.1) is 29.5 Å². The summed E-state index contributed by atoms with van der Waals surface area (Å²) in [5, 5.41) is 24.0. The summed E-state index contributed by atoms with van der Waals surface area (Å²) in [6.45, 7) is 6.88. The molecule has 9 nitrogen and oxygen atoms in total. The number of nitrogens with zero attached hydrogens (tertiary/aromatic N) is 3. The minimum atomic E-state index is -4.22. The molecule has 0 amide bonds. The maximum Gasteiger partial charge on any atom is 0.271 e. The number of fused-ring (bicyclic) bond motifs is 1. The summed E-state index contributed by atoms with van der Waals surface area (Å²) in [6, 6.07) is 9.55. The Balaban J connectivity index is 1.80. The van der Waals surface area contributed by atoms with Crippen molar-refractivity contribution in [3.05, 3.63) is 64.6 Å². The van der Waals surface area contributed by atoms with E-state index in [0.717, 1.165) is 0 Å². The molecular weight excluding hydrogens is 573 g/mol. The Labute approximate surface area is 244 Å². The first kappa shape index (κ1) is 30.8. The molecule has 1 aliphatic rings. The molecule has 2 heterocycles. The maximum absolute atomic E-state index is 14.6. The van der Waals surface area contributed by atoms with Crippen molar-refractivity contribution in [2.24, 2.45) is 0 Å². The molecule has 1 unspecified atom stereocenters. The number of anilines is 1. The van der Waals surface area contributed by atoms with Crippen LogP contribution in [0.15, 0.2) is 47.5 Å². The molecule has 0 aliphatic carbocycles. The highest BCUT2D eigenvalue weighted by molar-refractivity contribution is 7.93. The van der Waals surface area contributed by atoms with E-state index >= 15 is 0 Å². The molecule has 4 rings (SSSR count). The largest absolute Gasteiger partial charge is 0.486 e. The van der Waals surface area contributed by atoms with Gasteiger partial charge in [-0.05, 0) is 75.9 Å². The Kier molecular flexibility index (Phi) is 9.32. The summed E-state index contributed by atoms with van der Waals surface area (Å²) in [6.07, 6.45) is 3.39. The molecule has 0 bridgehead atoms. The lowest BCUT2D eigenvalue weighted by Crippen LogP contribution is -2.44. The Morgan fingerprint density at radius 2 is 2.07 bits per heavy atom. The summed E-state index contributed by atoms with van der Waals surface area (Å²) in [4.78, 5) is -0.142. The van der Waals surface area contributed by atoms with Crippen LogP contribution in [-0.4, -0.2) is 59.9 Å². The topological polar surface area (TPSA) is 114 Å². The van der Waals surface area contributed by atoms with Crippen molar-refractivity contribution in [1.82, 2.24) is 9.78 Å². The fraction of sp³-hybridized carbons (Fsp3) is 0.414. The number of rotatable bonds is 11. The Bertz CT molecular complexity index is 1510. The van der Waals surface area contributed by atoms with Crippen LogP contribution in [0.4, 0.5) is 10.1 Å². The van der Waals surface area contributed by atoms with E-state index in [2.05, 4.69) is 5.10 Å². The summed E-state index contributed by atoms with van der Waals surface area (Å²) in [7, 11) is -4.22. The molecule has 2 aromatic carbocycles. The molecule has 41 heavy (non-hydrogen) atoms. The first-order valence-electron chi connectivity index (χ1n) is 13.3. The van der Waals surface area contributed by atoms with E-state index in [0.29, 0.717) is 42.0 Å². The lowest BCUT2D eigenvalue weighted by atomic mass is 9.99. The molecule has 0 fully saturated rings.